The summed E-state index contributed by atoms with van der Waals surface area (Å²) in [7, 11) is 1.00. The van der Waals surface area contributed by atoms with Crippen molar-refractivity contribution in [2.45, 2.75) is 33.1 Å². The van der Waals surface area contributed by atoms with Gasteiger partial charge in [-0.3, -0.25) is 0 Å². The molecule has 0 aromatic heterocycles. The fourth-order valence-electron chi connectivity index (χ4n) is 1.10. The van der Waals surface area contributed by atoms with Gasteiger partial charge in [0.1, 0.15) is 0 Å². The van der Waals surface area contributed by atoms with E-state index < -0.39 is 0 Å². The van der Waals surface area contributed by atoms with Crippen LogP contribution in [0.1, 0.15) is 33.1 Å². The van der Waals surface area contributed by atoms with E-state index in [1.165, 1.54) is 19.3 Å². The number of allylic oxidation sites excluding steroid dienone is 2. The molecule has 0 spiro atoms. The van der Waals surface area contributed by atoms with Gasteiger partial charge in [0.2, 0.25) is 0 Å². The van der Waals surface area contributed by atoms with Crippen molar-refractivity contribution in [2.75, 3.05) is 7.11 Å². The van der Waals surface area contributed by atoms with Crippen LogP contribution in [0, 0.1) is 5.92 Å². The molecule has 1 heteroatoms. The van der Waals surface area contributed by atoms with Gasteiger partial charge in [-0.15, -0.1) is 0 Å². The van der Waals surface area contributed by atoms with Crippen LogP contribution in [0.15, 0.2) is 11.6 Å². The first-order valence-corrected chi connectivity index (χ1v) is 3.89. The van der Waals surface area contributed by atoms with E-state index in [1.54, 1.807) is 5.57 Å². The average molecular weight is 142 g/mol. The SMILES string of the molecule is CC1=CC[C@@H](C)CC1.CO. The van der Waals surface area contributed by atoms with Gasteiger partial charge in [0.05, 0.1) is 0 Å². The maximum Gasteiger partial charge on any atom is 0.0319 e. The Morgan fingerprint density at radius 2 is 2.10 bits per heavy atom. The molecule has 1 aliphatic carbocycles. The van der Waals surface area contributed by atoms with Crippen molar-refractivity contribution >= 4 is 0 Å². The minimum absolute atomic E-state index is 0.943. The molecule has 0 aromatic carbocycles. The van der Waals surface area contributed by atoms with Crippen molar-refractivity contribution < 1.29 is 5.11 Å². The Morgan fingerprint density at radius 1 is 1.50 bits per heavy atom. The highest BCUT2D eigenvalue weighted by atomic mass is 16.2. The second-order valence-corrected chi connectivity index (χ2v) is 2.93. The number of rotatable bonds is 0. The second-order valence-electron chi connectivity index (χ2n) is 2.93. The molecule has 0 amide bonds. The van der Waals surface area contributed by atoms with E-state index in [2.05, 4.69) is 19.9 Å². The summed E-state index contributed by atoms with van der Waals surface area (Å²) in [6, 6.07) is 0. The Balaban J connectivity index is 0.000000371. The Labute approximate surface area is 63.8 Å². The van der Waals surface area contributed by atoms with Gasteiger partial charge >= 0.3 is 0 Å². The van der Waals surface area contributed by atoms with Gasteiger partial charge in [0, 0.05) is 7.11 Å². The second kappa shape index (κ2) is 5.48. The molecule has 1 atom stereocenters. The molecule has 10 heavy (non-hydrogen) atoms. The third-order valence-corrected chi connectivity index (χ3v) is 1.90. The number of aliphatic hydroxyl groups is 1. The summed E-state index contributed by atoms with van der Waals surface area (Å²) in [4.78, 5) is 0. The standard InChI is InChI=1S/C8H14.CH4O/c1-7-3-5-8(2)6-4-7;1-2/h3,8H,4-6H2,1-2H3;2H,1H3/t8-;/m1./s1. The van der Waals surface area contributed by atoms with E-state index in [-0.39, 0.29) is 0 Å². The van der Waals surface area contributed by atoms with Crippen LogP contribution in [0.25, 0.3) is 0 Å². The van der Waals surface area contributed by atoms with Gasteiger partial charge < -0.3 is 5.11 Å². The molecule has 0 aromatic rings. The van der Waals surface area contributed by atoms with E-state index >= 15 is 0 Å². The lowest BCUT2D eigenvalue weighted by atomic mass is 9.92. The number of hydrogen-bond acceptors (Lipinski definition) is 1. The molecule has 1 aliphatic rings. The van der Waals surface area contributed by atoms with Crippen molar-refractivity contribution in [3.05, 3.63) is 11.6 Å². The largest absolute Gasteiger partial charge is 0.400 e. The van der Waals surface area contributed by atoms with Gasteiger partial charge in [-0.05, 0) is 32.1 Å². The maximum absolute atomic E-state index is 7.00. The average Bonchev–Trinajstić information content (AvgIpc) is 2.00. The highest BCUT2D eigenvalue weighted by Crippen LogP contribution is 2.21. The van der Waals surface area contributed by atoms with Crippen LogP contribution in [0.5, 0.6) is 0 Å². The maximum atomic E-state index is 7.00. The molecule has 0 saturated heterocycles. The van der Waals surface area contributed by atoms with E-state index in [4.69, 9.17) is 5.11 Å². The minimum Gasteiger partial charge on any atom is -0.400 e. The molecule has 1 nitrogen and oxygen atoms in total. The Bertz CT molecular complexity index is 105. The molecule has 0 heterocycles. The summed E-state index contributed by atoms with van der Waals surface area (Å²) >= 11 is 0. The molecular formula is C9H18O. The van der Waals surface area contributed by atoms with Crippen LogP contribution in [0.2, 0.25) is 0 Å². The van der Waals surface area contributed by atoms with Crippen molar-refractivity contribution in [1.82, 2.24) is 0 Å². The molecule has 0 saturated carbocycles. The fraction of sp³-hybridized carbons (Fsp3) is 0.778. The first-order chi connectivity index (χ1) is 4.79. The van der Waals surface area contributed by atoms with E-state index in [9.17, 15) is 0 Å². The summed E-state index contributed by atoms with van der Waals surface area (Å²) in [5.74, 6) is 0.943. The monoisotopic (exact) mass is 142 g/mol. The topological polar surface area (TPSA) is 20.2 Å². The lowest BCUT2D eigenvalue weighted by molar-refractivity contribution is 0.399. The van der Waals surface area contributed by atoms with Gasteiger partial charge in [-0.1, -0.05) is 18.6 Å². The quantitative estimate of drug-likeness (QED) is 0.515. The Morgan fingerprint density at radius 3 is 2.40 bits per heavy atom. The minimum atomic E-state index is 0.943. The molecule has 0 radical (unpaired) electrons. The summed E-state index contributed by atoms with van der Waals surface area (Å²) in [5.41, 5.74) is 1.59. The Hall–Kier alpha value is -0.300. The van der Waals surface area contributed by atoms with Gasteiger partial charge in [0.15, 0.2) is 0 Å². The van der Waals surface area contributed by atoms with E-state index in [0.717, 1.165) is 13.0 Å². The van der Waals surface area contributed by atoms with Crippen LogP contribution in [-0.2, 0) is 0 Å². The highest BCUT2D eigenvalue weighted by Gasteiger charge is 2.05. The van der Waals surface area contributed by atoms with Crippen LogP contribution in [0.3, 0.4) is 0 Å². The lowest BCUT2D eigenvalue weighted by Gasteiger charge is -2.14. The van der Waals surface area contributed by atoms with Crippen molar-refractivity contribution in [3.8, 4) is 0 Å². The zero-order chi connectivity index (χ0) is 7.98. The van der Waals surface area contributed by atoms with Crippen molar-refractivity contribution in [3.63, 3.8) is 0 Å². The molecule has 1 N–H and O–H groups in total. The van der Waals surface area contributed by atoms with Gasteiger partial charge in [-0.25, -0.2) is 0 Å². The zero-order valence-electron chi connectivity index (χ0n) is 7.22. The van der Waals surface area contributed by atoms with Crippen molar-refractivity contribution in [1.29, 1.82) is 0 Å². The van der Waals surface area contributed by atoms with Crippen molar-refractivity contribution in [2.24, 2.45) is 5.92 Å². The van der Waals surface area contributed by atoms with Crippen LogP contribution in [0.4, 0.5) is 0 Å². The highest BCUT2D eigenvalue weighted by molar-refractivity contribution is 5.01. The van der Waals surface area contributed by atoms with Gasteiger partial charge in [0.25, 0.3) is 0 Å². The molecule has 0 fully saturated rings. The van der Waals surface area contributed by atoms with Crippen LogP contribution in [-0.4, -0.2) is 12.2 Å². The third-order valence-electron chi connectivity index (χ3n) is 1.90. The molecule has 1 rings (SSSR count). The summed E-state index contributed by atoms with van der Waals surface area (Å²) in [6.45, 7) is 4.55. The van der Waals surface area contributed by atoms with Crippen LogP contribution < -0.4 is 0 Å². The summed E-state index contributed by atoms with van der Waals surface area (Å²) < 4.78 is 0. The third kappa shape index (κ3) is 3.67. The predicted molar refractivity (Wildman–Crippen MR) is 44.9 cm³/mol. The number of aliphatic hydroxyl groups excluding tert-OH is 1. The smallest absolute Gasteiger partial charge is 0.0319 e. The summed E-state index contributed by atoms with van der Waals surface area (Å²) in [5, 5.41) is 7.00. The Kier molecular flexibility index (Phi) is 5.32. The molecule has 0 unspecified atom stereocenters. The fourth-order valence-corrected chi connectivity index (χ4v) is 1.10. The molecule has 60 valence electrons. The molecule has 0 bridgehead atoms. The number of hydrogen-bond donors (Lipinski definition) is 1. The molecular weight excluding hydrogens is 124 g/mol. The zero-order valence-corrected chi connectivity index (χ0v) is 7.22. The normalized spacial score (nSPS) is 24.4. The first kappa shape index (κ1) is 9.70. The first-order valence-electron chi connectivity index (χ1n) is 3.89. The lowest BCUT2D eigenvalue weighted by Crippen LogP contribution is -1.98. The van der Waals surface area contributed by atoms with Crippen LogP contribution >= 0.6 is 0 Å². The van der Waals surface area contributed by atoms with Gasteiger partial charge in [-0.2, -0.15) is 0 Å². The van der Waals surface area contributed by atoms with E-state index in [1.807, 2.05) is 0 Å². The summed E-state index contributed by atoms with van der Waals surface area (Å²) in [6.07, 6.45) is 6.42. The van der Waals surface area contributed by atoms with E-state index in [0.29, 0.717) is 0 Å². The molecule has 0 aliphatic heterocycles. The predicted octanol–water partition coefficient (Wildman–Crippen LogP) is 2.36.